The van der Waals surface area contributed by atoms with Crippen molar-refractivity contribution in [2.75, 3.05) is 23.7 Å². The summed E-state index contributed by atoms with van der Waals surface area (Å²) in [5.41, 5.74) is 8.30. The number of anilines is 1. The third-order valence-electron chi connectivity index (χ3n) is 3.66. The molecule has 3 heterocycles. The number of nitrogens with zero attached hydrogens (tertiary/aromatic N) is 3. The molecule has 1 saturated heterocycles. The molecule has 1 fully saturated rings. The summed E-state index contributed by atoms with van der Waals surface area (Å²) in [7, 11) is 0. The lowest BCUT2D eigenvalue weighted by molar-refractivity contribution is 0.704. The van der Waals surface area contributed by atoms with Crippen LogP contribution in [0, 0.1) is 0 Å². The van der Waals surface area contributed by atoms with E-state index in [0.29, 0.717) is 5.25 Å². The van der Waals surface area contributed by atoms with Crippen LogP contribution in [-0.2, 0) is 6.42 Å². The number of imidazole rings is 1. The number of aromatic nitrogens is 2. The van der Waals surface area contributed by atoms with Crippen LogP contribution in [0.1, 0.15) is 19.5 Å². The first-order valence-corrected chi connectivity index (χ1v) is 8.28. The molecular formula is C15H22N4S. The Hall–Kier alpha value is -1.20. The van der Waals surface area contributed by atoms with E-state index in [4.69, 9.17) is 10.7 Å². The van der Waals surface area contributed by atoms with Crippen LogP contribution >= 0.6 is 11.8 Å². The molecule has 0 bridgehead atoms. The first-order valence-electron chi connectivity index (χ1n) is 7.23. The van der Waals surface area contributed by atoms with Gasteiger partial charge in [-0.25, -0.2) is 4.98 Å². The number of pyridine rings is 1. The van der Waals surface area contributed by atoms with Crippen LogP contribution < -0.4 is 10.6 Å². The molecule has 2 atom stereocenters. The van der Waals surface area contributed by atoms with Gasteiger partial charge < -0.3 is 15.0 Å². The third kappa shape index (κ3) is 2.65. The van der Waals surface area contributed by atoms with Gasteiger partial charge in [0.25, 0.3) is 0 Å². The largest absolute Gasteiger partial charge is 0.353 e. The summed E-state index contributed by atoms with van der Waals surface area (Å²) in [5.74, 6) is 2.30. The van der Waals surface area contributed by atoms with Gasteiger partial charge in [0, 0.05) is 42.8 Å². The van der Waals surface area contributed by atoms with Crippen LogP contribution in [0.2, 0.25) is 0 Å². The lowest BCUT2D eigenvalue weighted by Crippen LogP contribution is -2.37. The van der Waals surface area contributed by atoms with Gasteiger partial charge in [0.2, 0.25) is 0 Å². The highest BCUT2D eigenvalue weighted by atomic mass is 32.2. The monoisotopic (exact) mass is 290 g/mol. The highest BCUT2D eigenvalue weighted by molar-refractivity contribution is 8.00. The van der Waals surface area contributed by atoms with Gasteiger partial charge in [0.15, 0.2) is 5.82 Å². The van der Waals surface area contributed by atoms with E-state index in [1.165, 1.54) is 11.4 Å². The average Bonchev–Trinajstić information content (AvgIpc) is 2.77. The first kappa shape index (κ1) is 13.8. The second kappa shape index (κ2) is 5.66. The summed E-state index contributed by atoms with van der Waals surface area (Å²) in [6.07, 6.45) is 2.95. The van der Waals surface area contributed by atoms with Crippen LogP contribution in [0.3, 0.4) is 0 Å². The Bertz CT molecular complexity index is 593. The minimum Gasteiger partial charge on any atom is -0.353 e. The van der Waals surface area contributed by atoms with Gasteiger partial charge in [-0.1, -0.05) is 13.0 Å². The molecule has 0 radical (unpaired) electrons. The zero-order valence-corrected chi connectivity index (χ0v) is 12.9. The SMILES string of the molecule is CC(N)Cc1c(N2CCSC(C)C2)nc2ccccn12. The summed E-state index contributed by atoms with van der Waals surface area (Å²) in [5, 5.41) is 0.664. The molecule has 108 valence electrons. The molecule has 0 saturated carbocycles. The van der Waals surface area contributed by atoms with E-state index in [1.54, 1.807) is 0 Å². The number of rotatable bonds is 3. The minimum absolute atomic E-state index is 0.144. The fourth-order valence-corrected chi connectivity index (χ4v) is 3.81. The normalized spacial score (nSPS) is 21.4. The summed E-state index contributed by atoms with van der Waals surface area (Å²) < 4.78 is 2.19. The van der Waals surface area contributed by atoms with Crippen LogP contribution in [0.25, 0.3) is 5.65 Å². The Morgan fingerprint density at radius 1 is 1.50 bits per heavy atom. The summed E-state index contributed by atoms with van der Waals surface area (Å²) in [4.78, 5) is 7.27. The predicted molar refractivity (Wildman–Crippen MR) is 86.7 cm³/mol. The van der Waals surface area contributed by atoms with Crippen molar-refractivity contribution >= 4 is 23.2 Å². The number of fused-ring (bicyclic) bond motifs is 1. The molecule has 5 heteroatoms. The van der Waals surface area contributed by atoms with Crippen molar-refractivity contribution in [2.24, 2.45) is 5.73 Å². The fraction of sp³-hybridized carbons (Fsp3) is 0.533. The number of hydrogen-bond acceptors (Lipinski definition) is 4. The molecule has 0 amide bonds. The molecule has 2 N–H and O–H groups in total. The van der Waals surface area contributed by atoms with Crippen molar-refractivity contribution in [1.29, 1.82) is 0 Å². The van der Waals surface area contributed by atoms with Crippen LogP contribution in [0.4, 0.5) is 5.82 Å². The lowest BCUT2D eigenvalue weighted by Gasteiger charge is -2.31. The van der Waals surface area contributed by atoms with Crippen molar-refractivity contribution < 1.29 is 0 Å². The topological polar surface area (TPSA) is 46.6 Å². The van der Waals surface area contributed by atoms with Gasteiger partial charge >= 0.3 is 0 Å². The highest BCUT2D eigenvalue weighted by Gasteiger charge is 2.23. The van der Waals surface area contributed by atoms with Gasteiger partial charge in [0.05, 0.1) is 5.69 Å². The molecule has 0 spiro atoms. The van der Waals surface area contributed by atoms with E-state index in [9.17, 15) is 0 Å². The Balaban J connectivity index is 2.04. The third-order valence-corrected chi connectivity index (χ3v) is 4.80. The molecule has 20 heavy (non-hydrogen) atoms. The van der Waals surface area contributed by atoms with E-state index in [0.717, 1.165) is 31.0 Å². The molecule has 4 nitrogen and oxygen atoms in total. The molecule has 0 aliphatic carbocycles. The molecular weight excluding hydrogens is 268 g/mol. The van der Waals surface area contributed by atoms with Crippen LogP contribution in [0.5, 0.6) is 0 Å². The maximum atomic E-state index is 6.04. The van der Waals surface area contributed by atoms with Gasteiger partial charge in [-0.3, -0.25) is 0 Å². The summed E-state index contributed by atoms with van der Waals surface area (Å²) >= 11 is 2.04. The molecule has 0 aromatic carbocycles. The van der Waals surface area contributed by atoms with Gasteiger partial charge in [0.1, 0.15) is 5.65 Å². The standard InChI is InChI=1S/C15H22N4S/c1-11(16)9-13-15(18-7-8-20-12(2)10-18)17-14-5-3-4-6-19(13)14/h3-6,11-12H,7-10,16H2,1-2H3. The van der Waals surface area contributed by atoms with Crippen molar-refractivity contribution in [3.63, 3.8) is 0 Å². The highest BCUT2D eigenvalue weighted by Crippen LogP contribution is 2.27. The second-order valence-corrected chi connectivity index (χ2v) is 7.17. The van der Waals surface area contributed by atoms with Gasteiger partial charge in [-0.05, 0) is 19.1 Å². The Labute approximate surface area is 124 Å². The molecule has 2 aromatic rings. The molecule has 1 aliphatic heterocycles. The molecule has 1 aliphatic rings. The van der Waals surface area contributed by atoms with E-state index < -0.39 is 0 Å². The Morgan fingerprint density at radius 2 is 2.35 bits per heavy atom. The van der Waals surface area contributed by atoms with Gasteiger partial charge in [-0.15, -0.1) is 0 Å². The first-order chi connectivity index (χ1) is 9.65. The van der Waals surface area contributed by atoms with Crippen molar-refractivity contribution in [1.82, 2.24) is 9.38 Å². The predicted octanol–water partition coefficient (Wildman–Crippen LogP) is 2.17. The zero-order chi connectivity index (χ0) is 14.1. The maximum Gasteiger partial charge on any atom is 0.151 e. The molecule has 2 unspecified atom stereocenters. The Morgan fingerprint density at radius 3 is 3.10 bits per heavy atom. The smallest absolute Gasteiger partial charge is 0.151 e. The van der Waals surface area contributed by atoms with Crippen LogP contribution in [0.15, 0.2) is 24.4 Å². The van der Waals surface area contributed by atoms with Crippen molar-refractivity contribution in [3.8, 4) is 0 Å². The van der Waals surface area contributed by atoms with E-state index in [2.05, 4.69) is 41.5 Å². The zero-order valence-electron chi connectivity index (χ0n) is 12.1. The van der Waals surface area contributed by atoms with Crippen molar-refractivity contribution in [2.45, 2.75) is 31.6 Å². The fourth-order valence-electron chi connectivity index (χ4n) is 2.79. The number of thioether (sulfide) groups is 1. The van der Waals surface area contributed by atoms with Gasteiger partial charge in [-0.2, -0.15) is 11.8 Å². The minimum atomic E-state index is 0.144. The molecule has 2 aromatic heterocycles. The molecule has 3 rings (SSSR count). The van der Waals surface area contributed by atoms with Crippen LogP contribution in [-0.4, -0.2) is 39.5 Å². The lowest BCUT2D eigenvalue weighted by atomic mass is 10.2. The number of hydrogen-bond donors (Lipinski definition) is 1. The average molecular weight is 290 g/mol. The maximum absolute atomic E-state index is 6.04. The summed E-state index contributed by atoms with van der Waals surface area (Å²) in [6.45, 7) is 6.49. The van der Waals surface area contributed by atoms with E-state index in [-0.39, 0.29) is 6.04 Å². The van der Waals surface area contributed by atoms with Crippen molar-refractivity contribution in [3.05, 3.63) is 30.1 Å². The van der Waals surface area contributed by atoms with E-state index >= 15 is 0 Å². The summed E-state index contributed by atoms with van der Waals surface area (Å²) in [6, 6.07) is 6.30. The Kier molecular flexibility index (Phi) is 3.89. The number of nitrogens with two attached hydrogens (primary N) is 1. The second-order valence-electron chi connectivity index (χ2n) is 5.62. The van der Waals surface area contributed by atoms with E-state index in [1.807, 2.05) is 17.8 Å². The quantitative estimate of drug-likeness (QED) is 0.941.